The van der Waals surface area contributed by atoms with Gasteiger partial charge in [0.25, 0.3) is 0 Å². The second-order valence-electron chi connectivity index (χ2n) is 2.72. The van der Waals surface area contributed by atoms with Gasteiger partial charge in [0.2, 0.25) is 0 Å². The van der Waals surface area contributed by atoms with Crippen LogP contribution in [0.1, 0.15) is 19.4 Å². The Bertz CT molecular complexity index is 283. The fraction of sp³-hybridized carbons (Fsp3) is 0.273. The molecule has 0 saturated heterocycles. The molecule has 0 saturated carbocycles. The highest BCUT2D eigenvalue weighted by atomic mass is 32.2. The molecule has 0 amide bonds. The van der Waals surface area contributed by atoms with Crippen LogP contribution in [0, 0.1) is 0 Å². The van der Waals surface area contributed by atoms with E-state index in [9.17, 15) is 0 Å². The lowest BCUT2D eigenvalue weighted by Gasteiger charge is -2.07. The molecule has 0 bridgehead atoms. The normalized spacial score (nSPS) is 14.2. The van der Waals surface area contributed by atoms with E-state index in [1.807, 2.05) is 17.8 Å². The summed E-state index contributed by atoms with van der Waals surface area (Å²) in [6.45, 7) is 8.02. The molecule has 1 atom stereocenters. The van der Waals surface area contributed by atoms with Gasteiger partial charge in [0.15, 0.2) is 0 Å². The first-order valence-corrected chi connectivity index (χ1v) is 6.08. The lowest BCUT2D eigenvalue weighted by Crippen LogP contribution is -1.88. The first kappa shape index (κ1) is 10.6. The molecule has 0 aliphatic rings. The molecule has 0 aliphatic heterocycles. The van der Waals surface area contributed by atoms with Gasteiger partial charge in [0.1, 0.15) is 0 Å². The molecule has 2 heteroatoms. The second kappa shape index (κ2) is 5.30. The largest absolute Gasteiger partial charge is 0.152 e. The Morgan fingerprint density at radius 3 is 2.92 bits per heavy atom. The van der Waals surface area contributed by atoms with E-state index in [1.165, 1.54) is 10.5 Å². The standard InChI is InChI=1S/C11H14S2/c1-4-9(3)13-11(5-2)10-6-7-12-8-10/h4-9H,1H2,2-3H3/b11-5-. The third-order valence-corrected chi connectivity index (χ3v) is 3.69. The first-order valence-electron chi connectivity index (χ1n) is 4.26. The third kappa shape index (κ3) is 3.05. The van der Waals surface area contributed by atoms with Crippen LogP contribution >= 0.6 is 23.1 Å². The predicted octanol–water partition coefficient (Wildman–Crippen LogP) is 4.42. The Labute approximate surface area is 88.4 Å². The van der Waals surface area contributed by atoms with Gasteiger partial charge in [-0.1, -0.05) is 12.2 Å². The third-order valence-electron chi connectivity index (χ3n) is 1.71. The highest BCUT2D eigenvalue weighted by molar-refractivity contribution is 8.09. The SMILES string of the molecule is C=CC(C)S/C(=C\C)c1ccsc1. The fourth-order valence-electron chi connectivity index (χ4n) is 0.956. The molecule has 0 nitrogen and oxygen atoms in total. The zero-order valence-electron chi connectivity index (χ0n) is 7.99. The van der Waals surface area contributed by atoms with Crippen molar-refractivity contribution in [1.29, 1.82) is 0 Å². The summed E-state index contributed by atoms with van der Waals surface area (Å²) in [5.74, 6) is 0. The van der Waals surface area contributed by atoms with Crippen LogP contribution in [0.3, 0.4) is 0 Å². The molecule has 0 N–H and O–H groups in total. The van der Waals surface area contributed by atoms with E-state index < -0.39 is 0 Å². The number of hydrogen-bond acceptors (Lipinski definition) is 2. The second-order valence-corrected chi connectivity index (χ2v) is 4.92. The van der Waals surface area contributed by atoms with Gasteiger partial charge in [-0.2, -0.15) is 11.3 Å². The van der Waals surface area contributed by atoms with Crippen LogP contribution in [-0.4, -0.2) is 5.25 Å². The number of rotatable bonds is 4. The fourth-order valence-corrected chi connectivity index (χ4v) is 2.58. The van der Waals surface area contributed by atoms with Gasteiger partial charge >= 0.3 is 0 Å². The van der Waals surface area contributed by atoms with Crippen LogP contribution in [-0.2, 0) is 0 Å². The zero-order valence-corrected chi connectivity index (χ0v) is 9.62. The zero-order chi connectivity index (χ0) is 9.68. The van der Waals surface area contributed by atoms with Crippen LogP contribution in [0.5, 0.6) is 0 Å². The van der Waals surface area contributed by atoms with Crippen LogP contribution < -0.4 is 0 Å². The molecule has 1 heterocycles. The summed E-state index contributed by atoms with van der Waals surface area (Å²) >= 11 is 3.59. The van der Waals surface area contributed by atoms with Gasteiger partial charge in [-0.15, -0.1) is 18.3 Å². The minimum Gasteiger partial charge on any atom is -0.152 e. The smallest absolute Gasteiger partial charge is 0.0243 e. The van der Waals surface area contributed by atoms with Crippen molar-refractivity contribution in [2.75, 3.05) is 0 Å². The maximum Gasteiger partial charge on any atom is 0.0243 e. The van der Waals surface area contributed by atoms with Crippen molar-refractivity contribution in [3.63, 3.8) is 0 Å². The average Bonchev–Trinajstić information content (AvgIpc) is 2.66. The van der Waals surface area contributed by atoms with Crippen molar-refractivity contribution < 1.29 is 0 Å². The maximum absolute atomic E-state index is 3.78. The Kier molecular flexibility index (Phi) is 4.33. The van der Waals surface area contributed by atoms with Gasteiger partial charge in [-0.3, -0.25) is 0 Å². The first-order chi connectivity index (χ1) is 6.27. The minimum absolute atomic E-state index is 0.478. The molecule has 13 heavy (non-hydrogen) atoms. The number of thiophene rings is 1. The van der Waals surface area contributed by atoms with E-state index in [0.29, 0.717) is 5.25 Å². The van der Waals surface area contributed by atoms with Crippen molar-refractivity contribution in [2.24, 2.45) is 0 Å². The molecule has 70 valence electrons. The van der Waals surface area contributed by atoms with Crippen molar-refractivity contribution in [1.82, 2.24) is 0 Å². The maximum atomic E-state index is 3.78. The summed E-state index contributed by atoms with van der Waals surface area (Å²) in [4.78, 5) is 1.34. The molecular weight excluding hydrogens is 196 g/mol. The highest BCUT2D eigenvalue weighted by Gasteiger charge is 2.04. The van der Waals surface area contributed by atoms with E-state index in [-0.39, 0.29) is 0 Å². The van der Waals surface area contributed by atoms with Crippen molar-refractivity contribution in [3.8, 4) is 0 Å². The van der Waals surface area contributed by atoms with E-state index in [4.69, 9.17) is 0 Å². The molecule has 1 aromatic heterocycles. The average molecular weight is 210 g/mol. The summed E-state index contributed by atoms with van der Waals surface area (Å²) in [6, 6.07) is 2.16. The number of hydrogen-bond donors (Lipinski definition) is 0. The van der Waals surface area contributed by atoms with Gasteiger partial charge in [-0.05, 0) is 36.2 Å². The molecule has 1 rings (SSSR count). The number of thioether (sulfide) groups is 1. The van der Waals surface area contributed by atoms with Crippen LogP contribution in [0.4, 0.5) is 0 Å². The topological polar surface area (TPSA) is 0 Å². The Hall–Kier alpha value is -0.470. The lowest BCUT2D eigenvalue weighted by molar-refractivity contribution is 1.26. The van der Waals surface area contributed by atoms with Crippen LogP contribution in [0.25, 0.3) is 4.91 Å². The predicted molar refractivity (Wildman–Crippen MR) is 65.2 cm³/mol. The highest BCUT2D eigenvalue weighted by Crippen LogP contribution is 2.32. The summed E-state index contributed by atoms with van der Waals surface area (Å²) in [5, 5.41) is 4.77. The molecule has 0 radical (unpaired) electrons. The summed E-state index contributed by atoms with van der Waals surface area (Å²) in [5.41, 5.74) is 1.33. The molecule has 1 unspecified atom stereocenters. The van der Waals surface area contributed by atoms with Gasteiger partial charge in [-0.25, -0.2) is 0 Å². The molecular formula is C11H14S2. The molecule has 1 aromatic rings. The summed E-state index contributed by atoms with van der Waals surface area (Å²) in [6.07, 6.45) is 4.13. The molecule has 0 spiro atoms. The van der Waals surface area contributed by atoms with Gasteiger partial charge < -0.3 is 0 Å². The van der Waals surface area contributed by atoms with E-state index in [1.54, 1.807) is 11.3 Å². The summed E-state index contributed by atoms with van der Waals surface area (Å²) in [7, 11) is 0. The molecule has 0 aromatic carbocycles. The summed E-state index contributed by atoms with van der Waals surface area (Å²) < 4.78 is 0. The Morgan fingerprint density at radius 2 is 2.46 bits per heavy atom. The van der Waals surface area contributed by atoms with E-state index >= 15 is 0 Å². The van der Waals surface area contributed by atoms with E-state index in [2.05, 4.69) is 43.3 Å². The van der Waals surface area contributed by atoms with Crippen molar-refractivity contribution >= 4 is 28.0 Å². The van der Waals surface area contributed by atoms with Crippen molar-refractivity contribution in [2.45, 2.75) is 19.1 Å². The van der Waals surface area contributed by atoms with Crippen LogP contribution in [0.2, 0.25) is 0 Å². The lowest BCUT2D eigenvalue weighted by atomic mass is 10.3. The Balaban J connectivity index is 2.71. The molecule has 0 fully saturated rings. The monoisotopic (exact) mass is 210 g/mol. The van der Waals surface area contributed by atoms with Crippen LogP contribution in [0.15, 0.2) is 35.6 Å². The van der Waals surface area contributed by atoms with Gasteiger partial charge in [0.05, 0.1) is 0 Å². The van der Waals surface area contributed by atoms with E-state index in [0.717, 1.165) is 0 Å². The Morgan fingerprint density at radius 1 is 1.69 bits per heavy atom. The minimum atomic E-state index is 0.478. The quantitative estimate of drug-likeness (QED) is 0.663. The van der Waals surface area contributed by atoms with Gasteiger partial charge in [0, 0.05) is 10.2 Å². The number of allylic oxidation sites excluding steroid dienone is 1. The van der Waals surface area contributed by atoms with Crippen molar-refractivity contribution in [3.05, 3.63) is 41.1 Å². The molecule has 0 aliphatic carbocycles.